The lowest BCUT2D eigenvalue weighted by atomic mass is 10.0. The van der Waals surface area contributed by atoms with Crippen LogP contribution in [-0.2, 0) is 0 Å². The minimum atomic E-state index is 0.868. The van der Waals surface area contributed by atoms with Gasteiger partial charge >= 0.3 is 0 Å². The third-order valence-electron chi connectivity index (χ3n) is 5.17. The third-order valence-corrected chi connectivity index (χ3v) is 5.17. The van der Waals surface area contributed by atoms with Crippen LogP contribution in [-0.4, -0.2) is 16.5 Å². The van der Waals surface area contributed by atoms with Crippen LogP contribution >= 0.6 is 0 Å². The lowest BCUT2D eigenvalue weighted by Gasteiger charge is -2.12. The van der Waals surface area contributed by atoms with Crippen LogP contribution in [0.2, 0.25) is 0 Å². The summed E-state index contributed by atoms with van der Waals surface area (Å²) in [7, 11) is 1.71. The maximum absolute atomic E-state index is 5.47. The lowest BCUT2D eigenvalue weighted by Crippen LogP contribution is -1.94. The Bertz CT molecular complexity index is 1300. The van der Waals surface area contributed by atoms with Gasteiger partial charge in [0, 0.05) is 10.8 Å². The summed E-state index contributed by atoms with van der Waals surface area (Å²) in [4.78, 5) is 4.92. The zero-order valence-electron chi connectivity index (χ0n) is 14.5. The molecule has 0 amide bonds. The number of pyridine rings is 1. The maximum Gasteiger partial charge on any atom is 0.146 e. The normalized spacial score (nSPS) is 11.8. The summed E-state index contributed by atoms with van der Waals surface area (Å²) in [5.41, 5.74) is 6.92. The van der Waals surface area contributed by atoms with E-state index in [0.29, 0.717) is 0 Å². The van der Waals surface area contributed by atoms with E-state index < -0.39 is 0 Å². The van der Waals surface area contributed by atoms with Crippen LogP contribution in [0.25, 0.3) is 38.4 Å². The van der Waals surface area contributed by atoms with Gasteiger partial charge in [-0.15, -0.1) is 0 Å². The van der Waals surface area contributed by atoms with Gasteiger partial charge in [0.05, 0.1) is 23.7 Å². The average molecular weight is 326 g/mol. The molecule has 3 heteroatoms. The number of benzene rings is 3. The van der Waals surface area contributed by atoms with Crippen LogP contribution < -0.4 is 4.74 Å². The van der Waals surface area contributed by atoms with E-state index in [1.807, 2.05) is 12.1 Å². The van der Waals surface area contributed by atoms with Gasteiger partial charge in [-0.05, 0) is 72.8 Å². The Balaban J connectivity index is 2.15. The minimum Gasteiger partial charge on any atom is -0.497 e. The first-order chi connectivity index (χ1) is 12.2. The Morgan fingerprint density at radius 2 is 1.60 bits per heavy atom. The molecule has 122 valence electrons. The molecular weight excluding hydrogens is 308 g/mol. The first-order valence-corrected chi connectivity index (χ1v) is 8.45. The molecule has 0 aliphatic carbocycles. The maximum atomic E-state index is 5.47. The van der Waals surface area contributed by atoms with Gasteiger partial charge in [-0.1, -0.05) is 12.1 Å². The number of imidazole rings is 1. The molecule has 0 saturated carbocycles. The van der Waals surface area contributed by atoms with E-state index in [9.17, 15) is 0 Å². The molecule has 5 aromatic rings. The van der Waals surface area contributed by atoms with Gasteiger partial charge in [-0.25, -0.2) is 4.98 Å². The lowest BCUT2D eigenvalue weighted by molar-refractivity contribution is 0.415. The SMILES string of the molecule is COc1ccc2c(c1)c1cc(C)c(C)cc1n1c3ccccc3nc21. The summed E-state index contributed by atoms with van der Waals surface area (Å²) < 4.78 is 7.75. The van der Waals surface area contributed by atoms with E-state index in [-0.39, 0.29) is 0 Å². The highest BCUT2D eigenvalue weighted by molar-refractivity contribution is 6.14. The summed E-state index contributed by atoms with van der Waals surface area (Å²) >= 11 is 0. The molecule has 0 fully saturated rings. The molecule has 0 aliphatic rings. The van der Waals surface area contributed by atoms with Gasteiger partial charge in [-0.3, -0.25) is 4.40 Å². The number of nitrogens with zero attached hydrogens (tertiary/aromatic N) is 2. The monoisotopic (exact) mass is 326 g/mol. The highest BCUT2D eigenvalue weighted by Gasteiger charge is 2.14. The number of aryl methyl sites for hydroxylation is 2. The van der Waals surface area contributed by atoms with Gasteiger partial charge in [0.15, 0.2) is 0 Å². The Kier molecular flexibility index (Phi) is 2.84. The predicted octanol–water partition coefficient (Wildman–Crippen LogP) is 5.42. The second-order valence-corrected chi connectivity index (χ2v) is 6.62. The fourth-order valence-electron chi connectivity index (χ4n) is 3.72. The largest absolute Gasteiger partial charge is 0.497 e. The fraction of sp³-hybridized carbons (Fsp3) is 0.136. The molecule has 2 aromatic heterocycles. The van der Waals surface area contributed by atoms with Crippen LogP contribution in [0.5, 0.6) is 5.75 Å². The van der Waals surface area contributed by atoms with Gasteiger partial charge in [0.2, 0.25) is 0 Å². The van der Waals surface area contributed by atoms with E-state index in [2.05, 4.69) is 60.7 Å². The van der Waals surface area contributed by atoms with Crippen LogP contribution in [0.1, 0.15) is 11.1 Å². The molecule has 0 radical (unpaired) electrons. The van der Waals surface area contributed by atoms with Gasteiger partial charge < -0.3 is 4.74 Å². The molecule has 0 saturated heterocycles. The Morgan fingerprint density at radius 3 is 2.44 bits per heavy atom. The molecule has 0 bridgehead atoms. The first kappa shape index (κ1) is 14.3. The van der Waals surface area contributed by atoms with Crippen molar-refractivity contribution in [2.45, 2.75) is 13.8 Å². The fourth-order valence-corrected chi connectivity index (χ4v) is 3.72. The van der Waals surface area contributed by atoms with Crippen LogP contribution in [0.3, 0.4) is 0 Å². The number of fused-ring (bicyclic) bond motifs is 8. The minimum absolute atomic E-state index is 0.868. The van der Waals surface area contributed by atoms with Crippen molar-refractivity contribution in [3.8, 4) is 5.75 Å². The van der Waals surface area contributed by atoms with Crippen molar-refractivity contribution in [1.29, 1.82) is 0 Å². The molecule has 0 aliphatic heterocycles. The number of hydrogen-bond donors (Lipinski definition) is 0. The molecule has 0 spiro atoms. The first-order valence-electron chi connectivity index (χ1n) is 8.45. The van der Waals surface area contributed by atoms with Crippen LogP contribution in [0.4, 0.5) is 0 Å². The Hall–Kier alpha value is -3.07. The predicted molar refractivity (Wildman–Crippen MR) is 104 cm³/mol. The van der Waals surface area contributed by atoms with Crippen molar-refractivity contribution < 1.29 is 4.74 Å². The van der Waals surface area contributed by atoms with Crippen LogP contribution in [0.15, 0.2) is 54.6 Å². The molecular formula is C22H18N2O. The molecule has 25 heavy (non-hydrogen) atoms. The van der Waals surface area contributed by atoms with E-state index in [4.69, 9.17) is 9.72 Å². The zero-order chi connectivity index (χ0) is 17.1. The van der Waals surface area contributed by atoms with Crippen molar-refractivity contribution in [3.63, 3.8) is 0 Å². The topological polar surface area (TPSA) is 26.5 Å². The van der Waals surface area contributed by atoms with E-state index in [1.165, 1.54) is 27.4 Å². The smallest absolute Gasteiger partial charge is 0.146 e. The molecule has 0 N–H and O–H groups in total. The number of aromatic nitrogens is 2. The molecule has 3 nitrogen and oxygen atoms in total. The second kappa shape index (κ2) is 4.96. The number of hydrogen-bond acceptors (Lipinski definition) is 2. The van der Waals surface area contributed by atoms with Crippen LogP contribution in [0, 0.1) is 13.8 Å². The summed E-state index contributed by atoms with van der Waals surface area (Å²) in [5, 5.41) is 3.56. The third kappa shape index (κ3) is 1.89. The number of rotatable bonds is 1. The number of methoxy groups -OCH3 is 1. The van der Waals surface area contributed by atoms with Crippen molar-refractivity contribution in [1.82, 2.24) is 9.38 Å². The zero-order valence-corrected chi connectivity index (χ0v) is 14.5. The average Bonchev–Trinajstić information content (AvgIpc) is 3.02. The highest BCUT2D eigenvalue weighted by atomic mass is 16.5. The summed E-state index contributed by atoms with van der Waals surface area (Å²) in [6, 6.07) is 19.1. The Labute approximate surface area is 145 Å². The van der Waals surface area contributed by atoms with Crippen molar-refractivity contribution in [3.05, 3.63) is 65.7 Å². The molecule has 3 aromatic carbocycles. The Morgan fingerprint density at radius 1 is 0.800 bits per heavy atom. The highest BCUT2D eigenvalue weighted by Crippen LogP contribution is 2.35. The molecule has 0 atom stereocenters. The van der Waals surface area contributed by atoms with Gasteiger partial charge in [0.25, 0.3) is 0 Å². The summed E-state index contributed by atoms with van der Waals surface area (Å²) in [5.74, 6) is 0.868. The summed E-state index contributed by atoms with van der Waals surface area (Å²) in [6.45, 7) is 4.33. The van der Waals surface area contributed by atoms with Crippen molar-refractivity contribution in [2.24, 2.45) is 0 Å². The van der Waals surface area contributed by atoms with Crippen molar-refractivity contribution >= 4 is 38.4 Å². The van der Waals surface area contributed by atoms with Crippen molar-refractivity contribution in [2.75, 3.05) is 7.11 Å². The van der Waals surface area contributed by atoms with E-state index in [0.717, 1.165) is 27.8 Å². The van der Waals surface area contributed by atoms with Gasteiger partial charge in [0.1, 0.15) is 11.4 Å². The molecule has 0 unspecified atom stereocenters. The number of para-hydroxylation sites is 2. The molecule has 2 heterocycles. The standard InChI is InChI=1S/C22H18N2O/c1-13-10-18-17-12-15(25-3)8-9-16(17)22-23-19-6-4-5-7-20(19)24(22)21(18)11-14(13)2/h4-12H,1-3H3. The summed E-state index contributed by atoms with van der Waals surface area (Å²) in [6.07, 6.45) is 0. The number of ether oxygens (including phenoxy) is 1. The van der Waals surface area contributed by atoms with Gasteiger partial charge in [-0.2, -0.15) is 0 Å². The second-order valence-electron chi connectivity index (χ2n) is 6.62. The van der Waals surface area contributed by atoms with E-state index in [1.54, 1.807) is 7.11 Å². The molecule has 5 rings (SSSR count). The quantitative estimate of drug-likeness (QED) is 0.385. The van der Waals surface area contributed by atoms with E-state index >= 15 is 0 Å².